The van der Waals surface area contributed by atoms with Crippen molar-refractivity contribution in [2.45, 2.75) is 23.3 Å². The van der Waals surface area contributed by atoms with Gasteiger partial charge in [-0.05, 0) is 48.9 Å². The maximum atomic E-state index is 13.0. The molecule has 0 saturated carbocycles. The van der Waals surface area contributed by atoms with Crippen LogP contribution in [-0.2, 0) is 16.4 Å². The number of nitrogens with one attached hydrogen (secondary N) is 2. The van der Waals surface area contributed by atoms with Crippen LogP contribution in [0, 0.1) is 11.5 Å². The number of nitrogens with zero attached hydrogens (tertiary/aromatic N) is 3. The van der Waals surface area contributed by atoms with E-state index >= 15 is 0 Å². The third-order valence-electron chi connectivity index (χ3n) is 4.24. The Hall–Kier alpha value is -3.90. The number of aliphatic imine (C=N–C) groups is 1. The van der Waals surface area contributed by atoms with Crippen LogP contribution in [0.5, 0.6) is 5.75 Å². The molecule has 2 N–H and O–H groups in total. The normalized spacial score (nSPS) is 11.4. The summed E-state index contributed by atoms with van der Waals surface area (Å²) in [5.41, 5.74) is 1.55. The first-order valence-electron chi connectivity index (χ1n) is 9.48. The molecule has 0 unspecified atom stereocenters. The van der Waals surface area contributed by atoms with Gasteiger partial charge in [0.15, 0.2) is 0 Å². The lowest BCUT2D eigenvalue weighted by Crippen LogP contribution is -2.30. The number of hydrogen-bond donors (Lipinski definition) is 2. The molecule has 31 heavy (non-hydrogen) atoms. The van der Waals surface area contributed by atoms with Crippen LogP contribution in [0.1, 0.15) is 12.5 Å². The van der Waals surface area contributed by atoms with Gasteiger partial charge in [0.1, 0.15) is 10.6 Å². The fourth-order valence-electron chi connectivity index (χ4n) is 2.78. The van der Waals surface area contributed by atoms with Crippen LogP contribution in [0.2, 0.25) is 0 Å². The van der Waals surface area contributed by atoms with Gasteiger partial charge in [0.05, 0.1) is 11.5 Å². The molecule has 0 atom stereocenters. The fraction of sp³-hybridized carbons (Fsp3) is 0.136. The molecule has 0 spiro atoms. The highest BCUT2D eigenvalue weighted by Crippen LogP contribution is 2.29. The second-order valence-corrected chi connectivity index (χ2v) is 8.22. The molecular weight excluding hydrogens is 414 g/mol. The predicted molar refractivity (Wildman–Crippen MR) is 117 cm³/mol. The summed E-state index contributed by atoms with van der Waals surface area (Å²) in [6, 6.07) is 16.6. The first-order valence-corrected chi connectivity index (χ1v) is 11.0. The Morgan fingerprint density at radius 3 is 2.48 bits per heavy atom. The molecule has 0 amide bonds. The van der Waals surface area contributed by atoms with E-state index in [9.17, 15) is 8.42 Å². The van der Waals surface area contributed by atoms with Crippen molar-refractivity contribution in [2.75, 3.05) is 11.9 Å². The average Bonchev–Trinajstić information content (AvgIpc) is 2.79. The Balaban J connectivity index is 1.73. The molecule has 3 aromatic rings. The first kappa shape index (κ1) is 21.8. The molecular formula is C22H21N5O3S. The minimum atomic E-state index is -3.72. The number of para-hydroxylation sites is 1. The van der Waals surface area contributed by atoms with E-state index in [1.165, 1.54) is 6.07 Å². The van der Waals surface area contributed by atoms with Crippen LogP contribution in [0.25, 0.3) is 0 Å². The van der Waals surface area contributed by atoms with Crippen molar-refractivity contribution < 1.29 is 13.2 Å². The lowest BCUT2D eigenvalue weighted by Gasteiger charge is -2.12. The predicted octanol–water partition coefficient (Wildman–Crippen LogP) is 3.35. The fourth-order valence-corrected chi connectivity index (χ4v) is 4.18. The molecule has 0 bridgehead atoms. The van der Waals surface area contributed by atoms with Crippen molar-refractivity contribution in [1.82, 2.24) is 10.3 Å². The van der Waals surface area contributed by atoms with Gasteiger partial charge >= 0.3 is 0 Å². The largest absolute Gasteiger partial charge is 0.493 e. The van der Waals surface area contributed by atoms with Crippen molar-refractivity contribution in [1.29, 1.82) is 5.26 Å². The van der Waals surface area contributed by atoms with Crippen LogP contribution >= 0.6 is 0 Å². The zero-order chi connectivity index (χ0) is 22.1. The number of anilines is 1. The van der Waals surface area contributed by atoms with E-state index in [2.05, 4.69) is 20.6 Å². The summed E-state index contributed by atoms with van der Waals surface area (Å²) in [4.78, 5) is 7.97. The number of aromatic nitrogens is 1. The number of benzene rings is 2. The van der Waals surface area contributed by atoms with Crippen LogP contribution in [0.4, 0.5) is 5.69 Å². The van der Waals surface area contributed by atoms with Gasteiger partial charge in [-0.1, -0.05) is 24.3 Å². The van der Waals surface area contributed by atoms with Crippen LogP contribution < -0.4 is 15.4 Å². The van der Waals surface area contributed by atoms with Gasteiger partial charge < -0.3 is 15.4 Å². The van der Waals surface area contributed by atoms with E-state index in [1.54, 1.807) is 80.1 Å². The lowest BCUT2D eigenvalue weighted by molar-refractivity contribution is 0.331. The standard InChI is InChI=1S/C22H21N5O3S/c1-2-30-20-5-3-4-6-21(20)31(28,29)19-9-7-17(8-10-19)15-25-22(26-16-23)27-18-11-13-24-14-12-18/h3-14H,2,15H2,1H3,(H2,24,25,26,27). The SMILES string of the molecule is CCOc1ccccc1S(=O)(=O)c1ccc(CN/C(=N\C#N)Nc2ccncc2)cc1. The monoisotopic (exact) mass is 435 g/mol. The zero-order valence-corrected chi connectivity index (χ0v) is 17.6. The molecule has 0 aliphatic heterocycles. The average molecular weight is 436 g/mol. The molecule has 0 aliphatic carbocycles. The summed E-state index contributed by atoms with van der Waals surface area (Å²) in [6.07, 6.45) is 4.98. The van der Waals surface area contributed by atoms with Gasteiger partial charge in [0, 0.05) is 24.6 Å². The molecule has 158 valence electrons. The molecule has 0 aliphatic rings. The van der Waals surface area contributed by atoms with Crippen molar-refractivity contribution in [3.05, 3.63) is 78.6 Å². The molecule has 3 rings (SSSR count). The number of nitriles is 1. The highest BCUT2D eigenvalue weighted by molar-refractivity contribution is 7.91. The summed E-state index contributed by atoms with van der Waals surface area (Å²) in [5.74, 6) is 0.603. The summed E-state index contributed by atoms with van der Waals surface area (Å²) in [6.45, 7) is 2.52. The van der Waals surface area contributed by atoms with Crippen molar-refractivity contribution in [3.8, 4) is 11.9 Å². The number of rotatable bonds is 7. The van der Waals surface area contributed by atoms with E-state index in [0.717, 1.165) is 11.3 Å². The van der Waals surface area contributed by atoms with Crippen LogP contribution in [0.15, 0.2) is 87.8 Å². The highest BCUT2D eigenvalue weighted by atomic mass is 32.2. The van der Waals surface area contributed by atoms with Gasteiger partial charge in [-0.25, -0.2) is 8.42 Å². The van der Waals surface area contributed by atoms with E-state index in [0.29, 0.717) is 18.9 Å². The number of ether oxygens (including phenoxy) is 1. The molecule has 0 radical (unpaired) electrons. The zero-order valence-electron chi connectivity index (χ0n) is 16.8. The van der Waals surface area contributed by atoms with Gasteiger partial charge in [-0.15, -0.1) is 4.99 Å². The lowest BCUT2D eigenvalue weighted by atomic mass is 10.2. The summed E-state index contributed by atoms with van der Waals surface area (Å²) < 4.78 is 31.5. The first-order chi connectivity index (χ1) is 15.0. The van der Waals surface area contributed by atoms with Crippen LogP contribution in [0.3, 0.4) is 0 Å². The minimum Gasteiger partial charge on any atom is -0.493 e. The Morgan fingerprint density at radius 1 is 1.10 bits per heavy atom. The second-order valence-electron chi connectivity index (χ2n) is 6.30. The minimum absolute atomic E-state index is 0.132. The maximum absolute atomic E-state index is 13.0. The van der Waals surface area contributed by atoms with Crippen molar-refractivity contribution in [2.24, 2.45) is 4.99 Å². The quantitative estimate of drug-likeness (QED) is 0.332. The molecule has 8 nitrogen and oxygen atoms in total. The van der Waals surface area contributed by atoms with E-state index < -0.39 is 9.84 Å². The van der Waals surface area contributed by atoms with Gasteiger partial charge in [0.2, 0.25) is 22.0 Å². The summed E-state index contributed by atoms with van der Waals surface area (Å²) in [7, 11) is -3.72. The second kappa shape index (κ2) is 10.2. The van der Waals surface area contributed by atoms with E-state index in [4.69, 9.17) is 10.00 Å². The summed E-state index contributed by atoms with van der Waals surface area (Å²) in [5, 5.41) is 14.9. The highest BCUT2D eigenvalue weighted by Gasteiger charge is 2.21. The summed E-state index contributed by atoms with van der Waals surface area (Å²) >= 11 is 0. The van der Waals surface area contributed by atoms with Crippen molar-refractivity contribution >= 4 is 21.5 Å². The Labute approximate surface area is 181 Å². The van der Waals surface area contributed by atoms with Gasteiger partial charge in [0.25, 0.3) is 0 Å². The number of sulfone groups is 1. The molecule has 0 saturated heterocycles. The number of guanidine groups is 1. The van der Waals surface area contributed by atoms with Crippen molar-refractivity contribution in [3.63, 3.8) is 0 Å². The maximum Gasteiger partial charge on any atom is 0.212 e. The molecule has 0 fully saturated rings. The third-order valence-corrected chi connectivity index (χ3v) is 6.05. The van der Waals surface area contributed by atoms with Crippen LogP contribution in [-0.4, -0.2) is 26.0 Å². The van der Waals surface area contributed by atoms with Gasteiger partial charge in [-0.2, -0.15) is 5.26 Å². The molecule has 1 aromatic heterocycles. The third kappa shape index (κ3) is 5.58. The topological polar surface area (TPSA) is 116 Å². The molecule has 9 heteroatoms. The Kier molecular flexibility index (Phi) is 7.19. The Morgan fingerprint density at radius 2 is 1.81 bits per heavy atom. The Bertz CT molecular complexity index is 1190. The number of pyridine rings is 1. The molecule has 1 heterocycles. The molecule has 2 aromatic carbocycles. The smallest absolute Gasteiger partial charge is 0.212 e. The van der Waals surface area contributed by atoms with E-state index in [-0.39, 0.29) is 15.8 Å². The van der Waals surface area contributed by atoms with Gasteiger partial charge in [-0.3, -0.25) is 4.98 Å². The van der Waals surface area contributed by atoms with E-state index in [1.807, 2.05) is 0 Å². The number of hydrogen-bond acceptors (Lipinski definition) is 6.